The molecule has 0 atom stereocenters. The quantitative estimate of drug-likeness (QED) is 0.927. The van der Waals surface area contributed by atoms with Crippen LogP contribution in [0.3, 0.4) is 0 Å². The van der Waals surface area contributed by atoms with E-state index in [0.717, 1.165) is 17.1 Å². The zero-order valence-electron chi connectivity index (χ0n) is 10.1. The van der Waals surface area contributed by atoms with Crippen LogP contribution >= 0.6 is 11.6 Å². The molecule has 0 fully saturated rings. The Morgan fingerprint density at radius 1 is 1.50 bits per heavy atom. The molecule has 0 amide bonds. The highest BCUT2D eigenvalue weighted by Crippen LogP contribution is 2.24. The Bertz CT molecular complexity index is 605. The molecule has 1 N–H and O–H groups in total. The molecule has 94 valence electrons. The van der Waals surface area contributed by atoms with Gasteiger partial charge in [0.2, 0.25) is 0 Å². The molecule has 2 rings (SSSR count). The lowest BCUT2D eigenvalue weighted by Crippen LogP contribution is -2.07. The van der Waals surface area contributed by atoms with Crippen LogP contribution in [0.25, 0.3) is 11.4 Å². The molecule has 0 radical (unpaired) electrons. The van der Waals surface area contributed by atoms with E-state index in [9.17, 15) is 4.79 Å². The Kier molecular flexibility index (Phi) is 3.39. The second-order valence-corrected chi connectivity index (χ2v) is 4.54. The van der Waals surface area contributed by atoms with Crippen LogP contribution in [0.5, 0.6) is 0 Å². The lowest BCUT2D eigenvalue weighted by Gasteiger charge is -2.05. The summed E-state index contributed by atoms with van der Waals surface area (Å²) in [5, 5.41) is 9.51. The number of aromatic nitrogens is 2. The molecule has 18 heavy (non-hydrogen) atoms. The van der Waals surface area contributed by atoms with Gasteiger partial charge in [-0.15, -0.1) is 0 Å². The van der Waals surface area contributed by atoms with Gasteiger partial charge in [0.15, 0.2) is 0 Å². The molecule has 4 nitrogen and oxygen atoms in total. The van der Waals surface area contributed by atoms with E-state index in [0.29, 0.717) is 10.7 Å². The summed E-state index contributed by atoms with van der Waals surface area (Å²) in [6.07, 6.45) is -0.0318. The fourth-order valence-corrected chi connectivity index (χ4v) is 2.13. The molecule has 0 saturated carbocycles. The third-order valence-electron chi connectivity index (χ3n) is 2.82. The highest BCUT2D eigenvalue weighted by molar-refractivity contribution is 6.30. The lowest BCUT2D eigenvalue weighted by molar-refractivity contribution is -0.136. The first-order valence-electron chi connectivity index (χ1n) is 5.49. The van der Waals surface area contributed by atoms with Gasteiger partial charge in [0.1, 0.15) is 5.82 Å². The summed E-state index contributed by atoms with van der Waals surface area (Å²) >= 11 is 5.95. The number of hydrogen-bond donors (Lipinski definition) is 1. The van der Waals surface area contributed by atoms with Crippen molar-refractivity contribution in [2.24, 2.45) is 7.05 Å². The number of aryl methyl sites for hydroxylation is 1. The van der Waals surface area contributed by atoms with Crippen molar-refractivity contribution >= 4 is 17.6 Å². The molecule has 0 aliphatic heterocycles. The monoisotopic (exact) mass is 264 g/mol. The minimum Gasteiger partial charge on any atom is -0.481 e. The number of hydrogen-bond acceptors (Lipinski definition) is 2. The van der Waals surface area contributed by atoms with Crippen LogP contribution in [-0.4, -0.2) is 20.6 Å². The number of carbonyl (C=O) groups is 1. The molecular formula is C13H13ClN2O2. The number of imidazole rings is 1. The van der Waals surface area contributed by atoms with E-state index in [-0.39, 0.29) is 6.42 Å². The molecule has 2 aromatic rings. The molecule has 0 bridgehead atoms. The summed E-state index contributed by atoms with van der Waals surface area (Å²) in [7, 11) is 1.81. The summed E-state index contributed by atoms with van der Waals surface area (Å²) in [4.78, 5) is 15.2. The van der Waals surface area contributed by atoms with Crippen molar-refractivity contribution in [2.75, 3.05) is 0 Å². The Morgan fingerprint density at radius 3 is 2.83 bits per heavy atom. The average Bonchev–Trinajstić information content (AvgIpc) is 2.56. The summed E-state index contributed by atoms with van der Waals surface area (Å²) < 4.78 is 1.80. The topological polar surface area (TPSA) is 55.1 Å². The SMILES string of the molecule is Cc1nc(-c2cccc(Cl)c2)n(C)c1CC(=O)O. The molecule has 1 heterocycles. The van der Waals surface area contributed by atoms with E-state index in [1.165, 1.54) is 0 Å². The fraction of sp³-hybridized carbons (Fsp3) is 0.231. The van der Waals surface area contributed by atoms with Crippen molar-refractivity contribution in [3.63, 3.8) is 0 Å². The maximum Gasteiger partial charge on any atom is 0.309 e. The van der Waals surface area contributed by atoms with Gasteiger partial charge in [0.05, 0.1) is 17.8 Å². The minimum atomic E-state index is -0.862. The van der Waals surface area contributed by atoms with Crippen LogP contribution in [0.1, 0.15) is 11.4 Å². The third kappa shape index (κ3) is 2.38. The fourth-order valence-electron chi connectivity index (χ4n) is 1.94. The first kappa shape index (κ1) is 12.6. The Labute approximate surface area is 110 Å². The van der Waals surface area contributed by atoms with Crippen LogP contribution in [0, 0.1) is 6.92 Å². The van der Waals surface area contributed by atoms with Crippen LogP contribution < -0.4 is 0 Å². The molecule has 1 aromatic carbocycles. The molecule has 5 heteroatoms. The van der Waals surface area contributed by atoms with Crippen molar-refractivity contribution in [1.82, 2.24) is 9.55 Å². The highest BCUT2D eigenvalue weighted by Gasteiger charge is 2.15. The predicted octanol–water partition coefficient (Wildman–Crippen LogP) is 2.68. The van der Waals surface area contributed by atoms with Gasteiger partial charge in [-0.2, -0.15) is 0 Å². The number of nitrogens with zero attached hydrogens (tertiary/aromatic N) is 2. The van der Waals surface area contributed by atoms with Gasteiger partial charge >= 0.3 is 5.97 Å². The van der Waals surface area contributed by atoms with Crippen LogP contribution in [-0.2, 0) is 18.3 Å². The van der Waals surface area contributed by atoms with Crippen LogP contribution in [0.4, 0.5) is 0 Å². The van der Waals surface area contributed by atoms with Gasteiger partial charge in [-0.05, 0) is 19.1 Å². The van der Waals surface area contributed by atoms with Crippen molar-refractivity contribution in [3.8, 4) is 11.4 Å². The van der Waals surface area contributed by atoms with E-state index in [2.05, 4.69) is 4.98 Å². The summed E-state index contributed by atoms with van der Waals surface area (Å²) in [5.74, 6) is -0.134. The molecule has 0 unspecified atom stereocenters. The minimum absolute atomic E-state index is 0.0318. The molecular weight excluding hydrogens is 252 g/mol. The zero-order chi connectivity index (χ0) is 13.3. The maximum atomic E-state index is 10.8. The van der Waals surface area contributed by atoms with Crippen molar-refractivity contribution in [1.29, 1.82) is 0 Å². The normalized spacial score (nSPS) is 10.6. The van der Waals surface area contributed by atoms with E-state index in [4.69, 9.17) is 16.7 Å². The number of carboxylic acid groups (broad SMARTS) is 1. The highest BCUT2D eigenvalue weighted by atomic mass is 35.5. The average molecular weight is 265 g/mol. The van der Waals surface area contributed by atoms with Gasteiger partial charge in [-0.3, -0.25) is 4.79 Å². The van der Waals surface area contributed by atoms with E-state index in [1.807, 2.05) is 32.2 Å². The predicted molar refractivity (Wildman–Crippen MR) is 69.7 cm³/mol. The number of carboxylic acids is 1. The summed E-state index contributed by atoms with van der Waals surface area (Å²) in [6.45, 7) is 1.81. The second-order valence-electron chi connectivity index (χ2n) is 4.11. The van der Waals surface area contributed by atoms with E-state index < -0.39 is 5.97 Å². The van der Waals surface area contributed by atoms with E-state index in [1.54, 1.807) is 10.6 Å². The maximum absolute atomic E-state index is 10.8. The van der Waals surface area contributed by atoms with Crippen molar-refractivity contribution in [3.05, 3.63) is 40.7 Å². The number of benzene rings is 1. The number of halogens is 1. The van der Waals surface area contributed by atoms with Gasteiger partial charge in [0, 0.05) is 17.6 Å². The van der Waals surface area contributed by atoms with Gasteiger partial charge in [-0.25, -0.2) is 4.98 Å². The number of rotatable bonds is 3. The zero-order valence-corrected chi connectivity index (χ0v) is 10.9. The smallest absolute Gasteiger partial charge is 0.309 e. The molecule has 0 aliphatic carbocycles. The first-order valence-corrected chi connectivity index (χ1v) is 5.86. The Hall–Kier alpha value is -1.81. The molecule has 0 aliphatic rings. The van der Waals surface area contributed by atoms with Gasteiger partial charge < -0.3 is 9.67 Å². The van der Waals surface area contributed by atoms with E-state index >= 15 is 0 Å². The van der Waals surface area contributed by atoms with Gasteiger partial charge in [0.25, 0.3) is 0 Å². The molecule has 0 saturated heterocycles. The molecule has 0 spiro atoms. The van der Waals surface area contributed by atoms with Crippen molar-refractivity contribution < 1.29 is 9.90 Å². The largest absolute Gasteiger partial charge is 0.481 e. The second kappa shape index (κ2) is 4.82. The summed E-state index contributed by atoms with van der Waals surface area (Å²) in [5.41, 5.74) is 2.32. The first-order chi connectivity index (χ1) is 8.49. The summed E-state index contributed by atoms with van der Waals surface area (Å²) in [6, 6.07) is 7.35. The van der Waals surface area contributed by atoms with Crippen LogP contribution in [0.15, 0.2) is 24.3 Å². The lowest BCUT2D eigenvalue weighted by atomic mass is 10.2. The Balaban J connectivity index is 2.50. The number of aliphatic carboxylic acids is 1. The standard InChI is InChI=1S/C13H13ClN2O2/c1-8-11(7-12(17)18)16(2)13(15-8)9-4-3-5-10(14)6-9/h3-6H,7H2,1-2H3,(H,17,18). The van der Waals surface area contributed by atoms with Crippen molar-refractivity contribution in [2.45, 2.75) is 13.3 Å². The third-order valence-corrected chi connectivity index (χ3v) is 3.05. The van der Waals surface area contributed by atoms with Crippen LogP contribution in [0.2, 0.25) is 5.02 Å². The Morgan fingerprint density at radius 2 is 2.22 bits per heavy atom. The van der Waals surface area contributed by atoms with Gasteiger partial charge in [-0.1, -0.05) is 23.7 Å². The molecule has 1 aromatic heterocycles.